The number of nitrogens with zero attached hydrogens (tertiary/aromatic N) is 1. The molecular formula is C19H21N3O5. The van der Waals surface area contributed by atoms with Crippen molar-refractivity contribution in [3.05, 3.63) is 48.4 Å². The Balaban J connectivity index is 1.56. The van der Waals surface area contributed by atoms with E-state index in [1.807, 2.05) is 0 Å². The standard InChI is InChI=1S/C19H21N3O5/c1-26-16(15-7-4-10-27-15)12-20-18(24)19(25)21-13-5-2-6-14(11-13)22-9-3-8-17(22)23/h2,4-7,10-11,16H,3,8-9,12H2,1H3,(H,20,24)(H,21,25). The molecule has 0 spiro atoms. The van der Waals surface area contributed by atoms with Crippen LogP contribution >= 0.6 is 0 Å². The predicted molar refractivity (Wildman–Crippen MR) is 98.1 cm³/mol. The molecule has 0 saturated carbocycles. The van der Waals surface area contributed by atoms with Crippen molar-refractivity contribution in [3.63, 3.8) is 0 Å². The molecular weight excluding hydrogens is 350 g/mol. The summed E-state index contributed by atoms with van der Waals surface area (Å²) < 4.78 is 10.5. The van der Waals surface area contributed by atoms with E-state index in [4.69, 9.17) is 9.15 Å². The molecule has 1 saturated heterocycles. The van der Waals surface area contributed by atoms with E-state index in [1.165, 1.54) is 13.4 Å². The number of benzene rings is 1. The number of amides is 3. The van der Waals surface area contributed by atoms with Crippen molar-refractivity contribution in [1.82, 2.24) is 5.32 Å². The zero-order valence-corrected chi connectivity index (χ0v) is 14.9. The minimum Gasteiger partial charge on any atom is -0.467 e. The summed E-state index contributed by atoms with van der Waals surface area (Å²) in [7, 11) is 1.49. The normalized spacial score (nSPS) is 14.9. The largest absolute Gasteiger partial charge is 0.467 e. The quantitative estimate of drug-likeness (QED) is 0.755. The molecule has 0 aliphatic carbocycles. The molecule has 3 amide bonds. The molecule has 1 unspecified atom stereocenters. The lowest BCUT2D eigenvalue weighted by Crippen LogP contribution is -2.38. The van der Waals surface area contributed by atoms with Crippen LogP contribution in [-0.4, -0.2) is 37.9 Å². The van der Waals surface area contributed by atoms with Crippen LogP contribution in [0.3, 0.4) is 0 Å². The van der Waals surface area contributed by atoms with Crippen LogP contribution in [0.4, 0.5) is 11.4 Å². The summed E-state index contributed by atoms with van der Waals surface area (Å²) in [6.07, 6.45) is 2.36. The summed E-state index contributed by atoms with van der Waals surface area (Å²) in [4.78, 5) is 37.7. The summed E-state index contributed by atoms with van der Waals surface area (Å²) in [5.41, 5.74) is 1.15. The molecule has 3 rings (SSSR count). The highest BCUT2D eigenvalue weighted by Gasteiger charge is 2.22. The van der Waals surface area contributed by atoms with Gasteiger partial charge in [0.1, 0.15) is 11.9 Å². The topological polar surface area (TPSA) is 101 Å². The van der Waals surface area contributed by atoms with Gasteiger partial charge in [0, 0.05) is 31.5 Å². The molecule has 1 aromatic carbocycles. The first kappa shape index (κ1) is 18.7. The van der Waals surface area contributed by atoms with Crippen LogP contribution in [0.15, 0.2) is 47.1 Å². The van der Waals surface area contributed by atoms with E-state index in [-0.39, 0.29) is 12.5 Å². The third kappa shape index (κ3) is 4.53. The van der Waals surface area contributed by atoms with Crippen LogP contribution in [0.5, 0.6) is 0 Å². The third-order valence-electron chi connectivity index (χ3n) is 4.29. The summed E-state index contributed by atoms with van der Waals surface area (Å²) in [6, 6.07) is 10.3. The van der Waals surface area contributed by atoms with Crippen molar-refractivity contribution in [2.75, 3.05) is 30.4 Å². The molecule has 142 valence electrons. The maximum atomic E-state index is 12.1. The minimum atomic E-state index is -0.797. The van der Waals surface area contributed by atoms with Crippen molar-refractivity contribution >= 4 is 29.1 Å². The van der Waals surface area contributed by atoms with E-state index in [0.29, 0.717) is 30.1 Å². The molecule has 1 aromatic heterocycles. The number of rotatable bonds is 6. The maximum absolute atomic E-state index is 12.1. The van der Waals surface area contributed by atoms with Gasteiger partial charge in [-0.15, -0.1) is 0 Å². The van der Waals surface area contributed by atoms with Gasteiger partial charge in [-0.05, 0) is 36.8 Å². The van der Waals surface area contributed by atoms with Gasteiger partial charge in [-0.3, -0.25) is 14.4 Å². The number of methoxy groups -OCH3 is 1. The number of carbonyl (C=O) groups is 3. The van der Waals surface area contributed by atoms with Crippen molar-refractivity contribution in [2.24, 2.45) is 0 Å². The van der Waals surface area contributed by atoms with Gasteiger partial charge in [-0.1, -0.05) is 6.07 Å². The first-order valence-electron chi connectivity index (χ1n) is 8.64. The van der Waals surface area contributed by atoms with Gasteiger partial charge in [-0.25, -0.2) is 0 Å². The second kappa shape index (κ2) is 8.50. The Morgan fingerprint density at radius 3 is 2.78 bits per heavy atom. The molecule has 0 bridgehead atoms. The van der Waals surface area contributed by atoms with Crippen molar-refractivity contribution in [2.45, 2.75) is 18.9 Å². The van der Waals surface area contributed by atoms with Crippen LogP contribution in [0.25, 0.3) is 0 Å². The Hall–Kier alpha value is -3.13. The molecule has 2 N–H and O–H groups in total. The monoisotopic (exact) mass is 371 g/mol. The average Bonchev–Trinajstić information content (AvgIpc) is 3.34. The number of ether oxygens (including phenoxy) is 1. The average molecular weight is 371 g/mol. The van der Waals surface area contributed by atoms with Crippen LogP contribution in [0.1, 0.15) is 24.7 Å². The van der Waals surface area contributed by atoms with E-state index in [0.717, 1.165) is 6.42 Å². The molecule has 8 nitrogen and oxygen atoms in total. The fraction of sp³-hybridized carbons (Fsp3) is 0.316. The van der Waals surface area contributed by atoms with Gasteiger partial charge in [0.15, 0.2) is 0 Å². The summed E-state index contributed by atoms with van der Waals surface area (Å²) in [5, 5.41) is 5.06. The number of hydrogen-bond acceptors (Lipinski definition) is 5. The maximum Gasteiger partial charge on any atom is 0.313 e. The summed E-state index contributed by atoms with van der Waals surface area (Å²) in [5.74, 6) is -0.971. The van der Waals surface area contributed by atoms with Crippen LogP contribution < -0.4 is 15.5 Å². The van der Waals surface area contributed by atoms with E-state index < -0.39 is 17.9 Å². The fourth-order valence-electron chi connectivity index (χ4n) is 2.90. The molecule has 8 heteroatoms. The predicted octanol–water partition coefficient (Wildman–Crippen LogP) is 1.85. The Bertz CT molecular complexity index is 819. The van der Waals surface area contributed by atoms with Crippen LogP contribution in [0, 0.1) is 0 Å². The van der Waals surface area contributed by atoms with Crippen LogP contribution in [-0.2, 0) is 19.1 Å². The highest BCUT2D eigenvalue weighted by molar-refractivity contribution is 6.39. The first-order valence-corrected chi connectivity index (χ1v) is 8.64. The van der Waals surface area contributed by atoms with Gasteiger partial charge in [-0.2, -0.15) is 0 Å². The van der Waals surface area contributed by atoms with Gasteiger partial charge >= 0.3 is 11.8 Å². The lowest BCUT2D eigenvalue weighted by molar-refractivity contribution is -0.136. The molecule has 27 heavy (non-hydrogen) atoms. The molecule has 1 aliphatic rings. The Kier molecular flexibility index (Phi) is 5.87. The number of furan rings is 1. The fourth-order valence-corrected chi connectivity index (χ4v) is 2.90. The second-order valence-electron chi connectivity index (χ2n) is 6.10. The van der Waals surface area contributed by atoms with E-state index >= 15 is 0 Å². The molecule has 1 atom stereocenters. The molecule has 2 aromatic rings. The molecule has 1 aliphatic heterocycles. The van der Waals surface area contributed by atoms with Gasteiger partial charge < -0.3 is 24.7 Å². The second-order valence-corrected chi connectivity index (χ2v) is 6.10. The zero-order valence-electron chi connectivity index (χ0n) is 14.9. The first-order chi connectivity index (χ1) is 13.1. The number of nitrogens with one attached hydrogen (secondary N) is 2. The Morgan fingerprint density at radius 1 is 1.26 bits per heavy atom. The minimum absolute atomic E-state index is 0.0553. The number of hydrogen-bond donors (Lipinski definition) is 2. The zero-order chi connectivity index (χ0) is 19.2. The van der Waals surface area contributed by atoms with Gasteiger partial charge in [0.05, 0.1) is 12.8 Å². The van der Waals surface area contributed by atoms with Gasteiger partial charge in [0.25, 0.3) is 0 Å². The smallest absolute Gasteiger partial charge is 0.313 e. The van der Waals surface area contributed by atoms with E-state index in [2.05, 4.69) is 10.6 Å². The van der Waals surface area contributed by atoms with Gasteiger partial charge in [0.2, 0.25) is 5.91 Å². The summed E-state index contributed by atoms with van der Waals surface area (Å²) >= 11 is 0. The highest BCUT2D eigenvalue weighted by Crippen LogP contribution is 2.24. The SMILES string of the molecule is COC(CNC(=O)C(=O)Nc1cccc(N2CCCC2=O)c1)c1ccco1. The van der Waals surface area contributed by atoms with Crippen molar-refractivity contribution in [1.29, 1.82) is 0 Å². The van der Waals surface area contributed by atoms with Crippen LogP contribution in [0.2, 0.25) is 0 Å². The highest BCUT2D eigenvalue weighted by atomic mass is 16.5. The summed E-state index contributed by atoms with van der Waals surface area (Å²) in [6.45, 7) is 0.750. The lowest BCUT2D eigenvalue weighted by Gasteiger charge is -2.17. The lowest BCUT2D eigenvalue weighted by atomic mass is 10.2. The molecule has 1 fully saturated rings. The Labute approximate surface area is 156 Å². The number of carbonyl (C=O) groups excluding carboxylic acids is 3. The molecule has 0 radical (unpaired) electrons. The van der Waals surface area contributed by atoms with E-state index in [1.54, 1.807) is 41.3 Å². The van der Waals surface area contributed by atoms with E-state index in [9.17, 15) is 14.4 Å². The third-order valence-corrected chi connectivity index (χ3v) is 4.29. The van der Waals surface area contributed by atoms with Crippen molar-refractivity contribution in [3.8, 4) is 0 Å². The number of anilines is 2. The molecule has 2 heterocycles. The Morgan fingerprint density at radius 2 is 2.11 bits per heavy atom. The van der Waals surface area contributed by atoms with Crippen molar-refractivity contribution < 1.29 is 23.5 Å².